The largest absolute Gasteiger partial charge is 0.0690 e. The van der Waals surface area contributed by atoms with E-state index in [-0.39, 0.29) is 0 Å². The summed E-state index contributed by atoms with van der Waals surface area (Å²) in [5, 5.41) is 0.999. The van der Waals surface area contributed by atoms with Crippen LogP contribution in [0.4, 0.5) is 0 Å². The third-order valence-corrected chi connectivity index (χ3v) is 120. The average molecular weight is 545 g/mol. The van der Waals surface area contributed by atoms with Gasteiger partial charge in [-0.3, -0.25) is 0 Å². The zero-order chi connectivity index (χ0) is 26.5. The van der Waals surface area contributed by atoms with Gasteiger partial charge in [-0.25, -0.2) is 0 Å². The topological polar surface area (TPSA) is 0 Å². The molecule has 0 aliphatic carbocycles. The molecule has 0 aromatic carbocycles. The van der Waals surface area contributed by atoms with Crippen LogP contribution in [0.15, 0.2) is 0 Å². The van der Waals surface area contributed by atoms with Crippen LogP contribution in [0, 0.1) is 0 Å². The van der Waals surface area contributed by atoms with E-state index in [1.807, 2.05) is 0 Å². The van der Waals surface area contributed by atoms with Gasteiger partial charge in [0.05, 0.1) is 30.4 Å². The van der Waals surface area contributed by atoms with Crippen molar-refractivity contribution in [3.8, 4) is 0 Å². The van der Waals surface area contributed by atoms with Crippen LogP contribution in [-0.4, -0.2) is 44.2 Å². The van der Waals surface area contributed by atoms with Crippen LogP contribution in [0.3, 0.4) is 0 Å². The summed E-state index contributed by atoms with van der Waals surface area (Å²) in [6.07, 6.45) is 0. The predicted octanol–water partition coefficient (Wildman–Crippen LogP) is 10.2. The lowest BCUT2D eigenvalue weighted by Crippen LogP contribution is -2.77. The summed E-state index contributed by atoms with van der Waals surface area (Å²) in [6, 6.07) is 0. The molecule has 6 heteroatoms. The molecule has 0 fully saturated rings. The van der Waals surface area contributed by atoms with E-state index in [2.05, 4.69) is 136 Å². The van der Waals surface area contributed by atoms with E-state index in [0.29, 0.717) is 10.1 Å². The molecular weight excluding hydrogens is 481 g/mol. The molecule has 0 saturated heterocycles. The highest BCUT2D eigenvalue weighted by molar-refractivity contribution is 7.84. The Balaban J connectivity index is 8.52. The fraction of sp³-hybridized carbons (Fsp3) is 1.00. The predicted molar refractivity (Wildman–Crippen MR) is 170 cm³/mol. The molecule has 0 rings (SSSR count). The van der Waals surface area contributed by atoms with Crippen molar-refractivity contribution in [2.45, 2.75) is 168 Å². The molecule has 0 amide bonds. The standard InChI is InChI=1S/C26H64Si6/c1-21(2)31(19,22(3)4)28(32(20,23(5)6)24(7)8)27(29(15,16)25(9,10)11)30(17,18)26(12,13)14/h21-24H,1-20H3. The second-order valence-corrected chi connectivity index (χ2v) is 68.4. The van der Waals surface area contributed by atoms with Gasteiger partial charge in [-0.05, 0) is 23.9 Å². The molecule has 0 aliphatic rings. The van der Waals surface area contributed by atoms with Crippen molar-refractivity contribution in [2.24, 2.45) is 0 Å². The third-order valence-electron chi connectivity index (χ3n) is 11.1. The van der Waals surface area contributed by atoms with Crippen LogP contribution >= 0.6 is 0 Å². The number of rotatable bonds is 8. The maximum absolute atomic E-state index is 2.94. The van der Waals surface area contributed by atoms with Crippen molar-refractivity contribution in [1.82, 2.24) is 0 Å². The van der Waals surface area contributed by atoms with E-state index in [4.69, 9.17) is 0 Å². The zero-order valence-electron chi connectivity index (χ0n) is 26.3. The average Bonchev–Trinajstić information content (AvgIpc) is 2.54. The van der Waals surface area contributed by atoms with Gasteiger partial charge in [-0.1, -0.05) is 158 Å². The minimum Gasteiger partial charge on any atom is -0.0690 e. The van der Waals surface area contributed by atoms with Gasteiger partial charge >= 0.3 is 0 Å². The maximum Gasteiger partial charge on any atom is 0.0582 e. The molecule has 0 spiro atoms. The first-order valence-electron chi connectivity index (χ1n) is 13.5. The van der Waals surface area contributed by atoms with Crippen molar-refractivity contribution < 1.29 is 0 Å². The van der Waals surface area contributed by atoms with Crippen molar-refractivity contribution in [3.63, 3.8) is 0 Å². The zero-order valence-corrected chi connectivity index (χ0v) is 32.3. The normalized spacial score (nSPS) is 15.4. The number of hydrogen-bond donors (Lipinski definition) is 0. The van der Waals surface area contributed by atoms with Crippen LogP contribution in [0.2, 0.25) is 71.5 Å². The lowest BCUT2D eigenvalue weighted by Gasteiger charge is -2.58. The van der Waals surface area contributed by atoms with Gasteiger partial charge in [0.15, 0.2) is 0 Å². The molecule has 0 radical (unpaired) electrons. The molecule has 0 unspecified atom stereocenters. The van der Waals surface area contributed by atoms with Gasteiger partial charge in [-0.15, -0.1) is 0 Å². The second kappa shape index (κ2) is 10.3. The Morgan fingerprint density at radius 1 is 0.406 bits per heavy atom. The summed E-state index contributed by atoms with van der Waals surface area (Å²) in [5.74, 6) is 0. The van der Waals surface area contributed by atoms with Gasteiger partial charge in [0, 0.05) is 0 Å². The van der Waals surface area contributed by atoms with E-state index in [9.17, 15) is 0 Å². The minimum atomic E-state index is -1.47. The molecule has 0 saturated carbocycles. The van der Waals surface area contributed by atoms with Gasteiger partial charge in [-0.2, -0.15) is 0 Å². The first kappa shape index (κ1) is 33.3. The first-order chi connectivity index (χ1) is 13.8. The van der Waals surface area contributed by atoms with Crippen LogP contribution in [-0.2, 0) is 0 Å². The highest BCUT2D eigenvalue weighted by Gasteiger charge is 2.58. The summed E-state index contributed by atoms with van der Waals surface area (Å²) in [5.41, 5.74) is 3.65. The minimum absolute atomic E-state index is 0.430. The summed E-state index contributed by atoms with van der Waals surface area (Å²) in [4.78, 5) is 0. The van der Waals surface area contributed by atoms with Crippen LogP contribution in [0.1, 0.15) is 96.9 Å². The Bertz CT molecular complexity index is 597. The Morgan fingerprint density at radius 3 is 0.719 bits per heavy atom. The molecule has 0 aromatic heterocycles. The smallest absolute Gasteiger partial charge is 0.0582 e. The lowest BCUT2D eigenvalue weighted by molar-refractivity contribution is 0.728. The third kappa shape index (κ3) is 5.65. The first-order valence-corrected chi connectivity index (χ1v) is 32.8. The van der Waals surface area contributed by atoms with Crippen molar-refractivity contribution in [3.05, 3.63) is 0 Å². The fourth-order valence-corrected chi connectivity index (χ4v) is 186. The Labute approximate surface area is 211 Å². The SMILES string of the molecule is CC(C)[Si](C)(C(C)C)[Si](=[Si]([Si](C)(C)C(C)(C)C)[Si](C)(C)C(C)(C)C)[Si](C)(C(C)C)C(C)C. The van der Waals surface area contributed by atoms with Gasteiger partial charge in [0.2, 0.25) is 0 Å². The maximum atomic E-state index is 2.94. The second-order valence-electron chi connectivity index (χ2n) is 15.7. The molecule has 0 aromatic rings. The van der Waals surface area contributed by atoms with Crippen molar-refractivity contribution >= 4 is 44.2 Å². The van der Waals surface area contributed by atoms with Crippen molar-refractivity contribution in [2.75, 3.05) is 0 Å². The number of hydrogen-bond acceptors (Lipinski definition) is 0. The molecule has 0 aliphatic heterocycles. The van der Waals surface area contributed by atoms with Crippen LogP contribution < -0.4 is 0 Å². The highest BCUT2D eigenvalue weighted by Crippen LogP contribution is 2.49. The molecule has 32 heavy (non-hydrogen) atoms. The monoisotopic (exact) mass is 544 g/mol. The van der Waals surface area contributed by atoms with E-state index < -0.39 is 44.2 Å². The quantitative estimate of drug-likeness (QED) is 0.266. The van der Waals surface area contributed by atoms with Crippen molar-refractivity contribution in [1.29, 1.82) is 0 Å². The van der Waals surface area contributed by atoms with Gasteiger partial charge in [0.25, 0.3) is 0 Å². The van der Waals surface area contributed by atoms with E-state index in [1.54, 1.807) is 0 Å². The van der Waals surface area contributed by atoms with E-state index >= 15 is 0 Å². The van der Waals surface area contributed by atoms with Crippen LogP contribution in [0.5, 0.6) is 0 Å². The Hall–Kier alpha value is 1.30. The molecule has 0 atom stereocenters. The molecule has 192 valence electrons. The summed E-state index contributed by atoms with van der Waals surface area (Å²) >= 11 is 0. The van der Waals surface area contributed by atoms with Crippen LogP contribution in [0.25, 0.3) is 0 Å². The highest BCUT2D eigenvalue weighted by atomic mass is 30.0. The van der Waals surface area contributed by atoms with E-state index in [1.165, 1.54) is 0 Å². The fourth-order valence-electron chi connectivity index (χ4n) is 5.76. The molecule has 0 N–H and O–H groups in total. The van der Waals surface area contributed by atoms with E-state index in [0.717, 1.165) is 22.2 Å². The summed E-state index contributed by atoms with van der Waals surface area (Å²) < 4.78 is 0. The summed E-state index contributed by atoms with van der Waals surface area (Å²) in [6.45, 7) is 53.7. The Morgan fingerprint density at radius 2 is 0.594 bits per heavy atom. The Kier molecular flexibility index (Phi) is 10.8. The molecule has 0 bridgehead atoms. The molecule has 0 heterocycles. The van der Waals surface area contributed by atoms with Gasteiger partial charge < -0.3 is 0 Å². The molecule has 0 nitrogen and oxygen atoms in total. The lowest BCUT2D eigenvalue weighted by atomic mass is 10.2. The summed E-state index contributed by atoms with van der Waals surface area (Å²) in [7, 11) is -5.85. The van der Waals surface area contributed by atoms with Gasteiger partial charge in [0.1, 0.15) is 0 Å². The molecular formula is C26H64Si6.